The van der Waals surface area contributed by atoms with Gasteiger partial charge in [-0.3, -0.25) is 4.79 Å². The van der Waals surface area contributed by atoms with Gasteiger partial charge in [0.25, 0.3) is 5.56 Å². The summed E-state index contributed by atoms with van der Waals surface area (Å²) in [5.41, 5.74) is 8.47. The third-order valence-corrected chi connectivity index (χ3v) is 4.05. The van der Waals surface area contributed by atoms with Gasteiger partial charge >= 0.3 is 0 Å². The molecule has 4 heteroatoms. The van der Waals surface area contributed by atoms with Crippen LogP contribution in [-0.2, 0) is 0 Å². The molecule has 0 spiro atoms. The Kier molecular flexibility index (Phi) is 5.03. The van der Waals surface area contributed by atoms with Crippen LogP contribution in [0.3, 0.4) is 0 Å². The molecule has 0 saturated carbocycles. The van der Waals surface area contributed by atoms with Gasteiger partial charge in [0, 0.05) is 17.6 Å². The fourth-order valence-corrected chi connectivity index (χ4v) is 2.53. The van der Waals surface area contributed by atoms with Gasteiger partial charge in [0.2, 0.25) is 0 Å². The fourth-order valence-electron chi connectivity index (χ4n) is 2.53. The van der Waals surface area contributed by atoms with Crippen LogP contribution in [0.4, 0.5) is 0 Å². The minimum atomic E-state index is -0.271. The van der Waals surface area contributed by atoms with Gasteiger partial charge < -0.3 is 15.0 Å². The molecular weight excluding hydrogens is 276 g/mol. The van der Waals surface area contributed by atoms with Crippen LogP contribution < -0.4 is 16.0 Å². The summed E-state index contributed by atoms with van der Waals surface area (Å²) in [6, 6.07) is 11.4. The molecule has 2 aromatic rings. The molecule has 0 radical (unpaired) electrons. The molecule has 0 aliphatic rings. The standard InChI is InChI=1S/C18H24N2O2/c1-5-12(2)20-17(11-10-16(13(3)19)18(20)21)14-6-8-15(22-4)9-7-14/h6-13H,5,19H2,1-4H3. The Balaban J connectivity index is 2.64. The molecule has 0 aliphatic carbocycles. The Hall–Kier alpha value is -2.07. The summed E-state index contributed by atoms with van der Waals surface area (Å²) in [5, 5.41) is 0. The zero-order chi connectivity index (χ0) is 16.3. The summed E-state index contributed by atoms with van der Waals surface area (Å²) < 4.78 is 7.04. The van der Waals surface area contributed by atoms with Crippen LogP contribution in [0.2, 0.25) is 0 Å². The van der Waals surface area contributed by atoms with Crippen LogP contribution >= 0.6 is 0 Å². The van der Waals surface area contributed by atoms with Crippen molar-refractivity contribution in [3.8, 4) is 17.0 Å². The highest BCUT2D eigenvalue weighted by atomic mass is 16.5. The van der Waals surface area contributed by atoms with Crippen LogP contribution in [-0.4, -0.2) is 11.7 Å². The van der Waals surface area contributed by atoms with Crippen LogP contribution in [0.25, 0.3) is 11.3 Å². The lowest BCUT2D eigenvalue weighted by atomic mass is 10.0. The van der Waals surface area contributed by atoms with Gasteiger partial charge in [0.15, 0.2) is 0 Å². The molecule has 2 unspecified atom stereocenters. The first-order chi connectivity index (χ1) is 10.5. The van der Waals surface area contributed by atoms with Gasteiger partial charge in [-0.05, 0) is 62.2 Å². The molecule has 22 heavy (non-hydrogen) atoms. The summed E-state index contributed by atoms with van der Waals surface area (Å²) in [6.45, 7) is 5.97. The Labute approximate surface area is 131 Å². The average Bonchev–Trinajstić information content (AvgIpc) is 2.53. The molecule has 1 heterocycles. The summed E-state index contributed by atoms with van der Waals surface area (Å²) in [5.74, 6) is 0.799. The smallest absolute Gasteiger partial charge is 0.256 e. The summed E-state index contributed by atoms with van der Waals surface area (Å²) in [6.07, 6.45) is 0.880. The molecule has 2 rings (SSSR count). The lowest BCUT2D eigenvalue weighted by molar-refractivity contribution is 0.415. The SMILES string of the molecule is CCC(C)n1c(-c2ccc(OC)cc2)ccc(C(C)N)c1=O. The van der Waals surface area contributed by atoms with Crippen molar-refractivity contribution in [1.82, 2.24) is 4.57 Å². The molecule has 118 valence electrons. The van der Waals surface area contributed by atoms with Crippen LogP contribution in [0.15, 0.2) is 41.2 Å². The number of ether oxygens (including phenoxy) is 1. The van der Waals surface area contributed by atoms with E-state index in [1.54, 1.807) is 7.11 Å². The normalized spacial score (nSPS) is 13.7. The Bertz CT molecular complexity index is 687. The predicted molar refractivity (Wildman–Crippen MR) is 90.3 cm³/mol. The quantitative estimate of drug-likeness (QED) is 0.919. The number of aromatic nitrogens is 1. The Morgan fingerprint density at radius 1 is 1.14 bits per heavy atom. The summed E-state index contributed by atoms with van der Waals surface area (Å²) in [7, 11) is 1.64. The molecule has 2 atom stereocenters. The Morgan fingerprint density at radius 3 is 2.27 bits per heavy atom. The third-order valence-electron chi connectivity index (χ3n) is 4.05. The highest BCUT2D eigenvalue weighted by Crippen LogP contribution is 2.25. The molecular formula is C18H24N2O2. The van der Waals surface area contributed by atoms with Crippen molar-refractivity contribution in [2.45, 2.75) is 39.3 Å². The predicted octanol–water partition coefficient (Wildman–Crippen LogP) is 3.51. The molecule has 1 aromatic carbocycles. The van der Waals surface area contributed by atoms with Crippen LogP contribution in [0.1, 0.15) is 44.8 Å². The number of benzene rings is 1. The minimum absolute atomic E-state index is 0.00216. The second-order valence-corrected chi connectivity index (χ2v) is 5.62. The van der Waals surface area contributed by atoms with E-state index in [-0.39, 0.29) is 17.6 Å². The minimum Gasteiger partial charge on any atom is -0.497 e. The third kappa shape index (κ3) is 3.07. The van der Waals surface area contributed by atoms with Crippen LogP contribution in [0, 0.1) is 0 Å². The van der Waals surface area contributed by atoms with Gasteiger partial charge in [-0.2, -0.15) is 0 Å². The monoisotopic (exact) mass is 300 g/mol. The first-order valence-electron chi connectivity index (χ1n) is 7.65. The van der Waals surface area contributed by atoms with Crippen molar-refractivity contribution >= 4 is 0 Å². The highest BCUT2D eigenvalue weighted by molar-refractivity contribution is 5.61. The van der Waals surface area contributed by atoms with E-state index in [9.17, 15) is 4.79 Å². The first-order valence-corrected chi connectivity index (χ1v) is 7.65. The van der Waals surface area contributed by atoms with Gasteiger partial charge in [0.05, 0.1) is 12.8 Å². The highest BCUT2D eigenvalue weighted by Gasteiger charge is 2.16. The number of pyridine rings is 1. The van der Waals surface area contributed by atoms with E-state index in [0.29, 0.717) is 5.56 Å². The number of methoxy groups -OCH3 is 1. The maximum absolute atomic E-state index is 12.8. The number of rotatable bonds is 5. The van der Waals surface area contributed by atoms with E-state index in [2.05, 4.69) is 13.8 Å². The number of nitrogens with two attached hydrogens (primary N) is 1. The van der Waals surface area contributed by atoms with E-state index in [4.69, 9.17) is 10.5 Å². The van der Waals surface area contributed by atoms with E-state index >= 15 is 0 Å². The lowest BCUT2D eigenvalue weighted by Crippen LogP contribution is -2.30. The molecule has 1 aromatic heterocycles. The Morgan fingerprint density at radius 2 is 1.77 bits per heavy atom. The second-order valence-electron chi connectivity index (χ2n) is 5.62. The topological polar surface area (TPSA) is 57.2 Å². The van der Waals surface area contributed by atoms with Gasteiger partial charge in [-0.15, -0.1) is 0 Å². The first kappa shape index (κ1) is 16.3. The van der Waals surface area contributed by atoms with Crippen molar-refractivity contribution in [2.75, 3.05) is 7.11 Å². The largest absolute Gasteiger partial charge is 0.497 e. The summed E-state index contributed by atoms with van der Waals surface area (Å²) in [4.78, 5) is 12.8. The van der Waals surface area contributed by atoms with Gasteiger partial charge in [0.1, 0.15) is 5.75 Å². The number of nitrogens with zero attached hydrogens (tertiary/aromatic N) is 1. The molecule has 2 N–H and O–H groups in total. The van der Waals surface area contributed by atoms with Crippen molar-refractivity contribution in [3.05, 3.63) is 52.3 Å². The molecule has 0 aliphatic heterocycles. The number of hydrogen-bond donors (Lipinski definition) is 1. The average molecular weight is 300 g/mol. The molecule has 0 amide bonds. The van der Waals surface area contributed by atoms with Gasteiger partial charge in [-0.1, -0.05) is 6.92 Å². The molecule has 4 nitrogen and oxygen atoms in total. The van der Waals surface area contributed by atoms with Crippen LogP contribution in [0.5, 0.6) is 5.75 Å². The zero-order valence-corrected chi connectivity index (χ0v) is 13.7. The van der Waals surface area contributed by atoms with E-state index in [1.807, 2.05) is 47.9 Å². The zero-order valence-electron chi connectivity index (χ0n) is 13.7. The maximum atomic E-state index is 12.8. The van der Waals surface area contributed by atoms with E-state index in [1.165, 1.54) is 0 Å². The maximum Gasteiger partial charge on any atom is 0.256 e. The number of hydrogen-bond acceptors (Lipinski definition) is 3. The van der Waals surface area contributed by atoms with Crippen molar-refractivity contribution < 1.29 is 4.74 Å². The van der Waals surface area contributed by atoms with Crippen molar-refractivity contribution in [3.63, 3.8) is 0 Å². The molecule has 0 bridgehead atoms. The van der Waals surface area contributed by atoms with E-state index in [0.717, 1.165) is 23.4 Å². The van der Waals surface area contributed by atoms with Crippen molar-refractivity contribution in [2.24, 2.45) is 5.73 Å². The second kappa shape index (κ2) is 6.79. The fraction of sp³-hybridized carbons (Fsp3) is 0.389. The lowest BCUT2D eigenvalue weighted by Gasteiger charge is -2.21. The van der Waals surface area contributed by atoms with Gasteiger partial charge in [-0.25, -0.2) is 0 Å². The van der Waals surface area contributed by atoms with E-state index < -0.39 is 0 Å². The molecule has 0 saturated heterocycles. The van der Waals surface area contributed by atoms with Crippen molar-refractivity contribution in [1.29, 1.82) is 0 Å². The molecule has 0 fully saturated rings. The summed E-state index contributed by atoms with van der Waals surface area (Å²) >= 11 is 0.